The Kier molecular flexibility index (Phi) is 3.23. The van der Waals surface area contributed by atoms with E-state index in [-0.39, 0.29) is 0 Å². The molecule has 0 saturated carbocycles. The Balaban J connectivity index is 1.97. The molecule has 2 aromatic rings. The Morgan fingerprint density at radius 3 is 2.87 bits per heavy atom. The molecule has 0 aliphatic heterocycles. The number of aromatic nitrogens is 1. The SMILES string of the molecule is [c-]1ccccc1CN=Cc1ccccn1. The zero-order chi connectivity index (χ0) is 10.3. The highest BCUT2D eigenvalue weighted by Gasteiger charge is 1.84. The summed E-state index contributed by atoms with van der Waals surface area (Å²) in [5, 5.41) is 0. The highest BCUT2D eigenvalue weighted by atomic mass is 14.7. The van der Waals surface area contributed by atoms with Crippen molar-refractivity contribution in [2.75, 3.05) is 0 Å². The molecular formula is C13H11N2-. The molecule has 0 N–H and O–H groups in total. The van der Waals surface area contributed by atoms with Crippen LogP contribution >= 0.6 is 0 Å². The van der Waals surface area contributed by atoms with Gasteiger partial charge in [-0.2, -0.15) is 30.3 Å². The fourth-order valence-corrected chi connectivity index (χ4v) is 1.22. The van der Waals surface area contributed by atoms with Gasteiger partial charge in [0.05, 0.1) is 5.69 Å². The lowest BCUT2D eigenvalue weighted by Crippen LogP contribution is -1.86. The Labute approximate surface area is 89.3 Å². The summed E-state index contributed by atoms with van der Waals surface area (Å²) in [5.41, 5.74) is 1.97. The first-order chi connectivity index (χ1) is 7.45. The van der Waals surface area contributed by atoms with Crippen molar-refractivity contribution in [3.63, 3.8) is 0 Å². The van der Waals surface area contributed by atoms with E-state index in [0.717, 1.165) is 11.3 Å². The lowest BCUT2D eigenvalue weighted by molar-refractivity contribution is 1.07. The smallest absolute Gasteiger partial charge is 0.0807 e. The van der Waals surface area contributed by atoms with E-state index in [4.69, 9.17) is 0 Å². The molecule has 0 unspecified atom stereocenters. The maximum atomic E-state index is 4.29. The second-order valence-electron chi connectivity index (χ2n) is 3.11. The van der Waals surface area contributed by atoms with Crippen molar-refractivity contribution in [1.82, 2.24) is 4.98 Å². The highest BCUT2D eigenvalue weighted by Crippen LogP contribution is 1.99. The predicted octanol–water partition coefficient (Wildman–Crippen LogP) is 2.50. The van der Waals surface area contributed by atoms with Crippen LogP contribution in [0.1, 0.15) is 11.3 Å². The van der Waals surface area contributed by atoms with E-state index in [9.17, 15) is 0 Å². The maximum absolute atomic E-state index is 4.29. The Bertz CT molecular complexity index is 421. The van der Waals surface area contributed by atoms with Crippen LogP contribution in [0.2, 0.25) is 0 Å². The molecule has 15 heavy (non-hydrogen) atoms. The lowest BCUT2D eigenvalue weighted by atomic mass is 10.2. The van der Waals surface area contributed by atoms with Crippen molar-refractivity contribution in [1.29, 1.82) is 0 Å². The third kappa shape index (κ3) is 3.02. The number of nitrogens with zero attached hydrogens (tertiary/aromatic N) is 2. The number of hydrogen-bond donors (Lipinski definition) is 0. The summed E-state index contributed by atoms with van der Waals surface area (Å²) in [5.74, 6) is 0. The van der Waals surface area contributed by atoms with Gasteiger partial charge in [-0.3, -0.25) is 9.98 Å². The predicted molar refractivity (Wildman–Crippen MR) is 60.8 cm³/mol. The van der Waals surface area contributed by atoms with Gasteiger partial charge in [0.25, 0.3) is 0 Å². The quantitative estimate of drug-likeness (QED) is 0.545. The zero-order valence-corrected chi connectivity index (χ0v) is 8.30. The second kappa shape index (κ2) is 5.05. The molecular weight excluding hydrogens is 184 g/mol. The molecule has 0 fully saturated rings. The van der Waals surface area contributed by atoms with Crippen molar-refractivity contribution in [2.24, 2.45) is 4.99 Å². The van der Waals surface area contributed by atoms with Crippen molar-refractivity contribution in [2.45, 2.75) is 6.54 Å². The summed E-state index contributed by atoms with van der Waals surface area (Å²) in [6.45, 7) is 0.650. The van der Waals surface area contributed by atoms with Crippen molar-refractivity contribution >= 4 is 6.21 Å². The minimum absolute atomic E-state index is 0.650. The maximum Gasteiger partial charge on any atom is 0.0807 e. The van der Waals surface area contributed by atoms with Gasteiger partial charge in [0.15, 0.2) is 0 Å². The van der Waals surface area contributed by atoms with Gasteiger partial charge in [-0.25, -0.2) is 0 Å². The van der Waals surface area contributed by atoms with Crippen LogP contribution in [0.25, 0.3) is 0 Å². The Morgan fingerprint density at radius 1 is 1.20 bits per heavy atom. The molecule has 1 heterocycles. The van der Waals surface area contributed by atoms with Crippen LogP contribution in [0, 0.1) is 6.07 Å². The molecule has 0 amide bonds. The average molecular weight is 195 g/mol. The molecule has 2 nitrogen and oxygen atoms in total. The molecule has 0 aliphatic carbocycles. The number of aliphatic imine (C=N–C) groups is 1. The average Bonchev–Trinajstić information content (AvgIpc) is 2.32. The van der Waals surface area contributed by atoms with E-state index >= 15 is 0 Å². The summed E-state index contributed by atoms with van der Waals surface area (Å²) in [6, 6.07) is 16.7. The van der Waals surface area contributed by atoms with E-state index in [0.29, 0.717) is 6.54 Å². The van der Waals surface area contributed by atoms with Crippen LogP contribution < -0.4 is 0 Å². The van der Waals surface area contributed by atoms with Gasteiger partial charge in [0, 0.05) is 19.0 Å². The minimum Gasteiger partial charge on any atom is -0.288 e. The largest absolute Gasteiger partial charge is 0.288 e. The molecule has 0 bridgehead atoms. The monoisotopic (exact) mass is 195 g/mol. The first-order valence-electron chi connectivity index (χ1n) is 4.81. The van der Waals surface area contributed by atoms with Crippen LogP contribution in [0.5, 0.6) is 0 Å². The van der Waals surface area contributed by atoms with E-state index in [1.165, 1.54) is 0 Å². The van der Waals surface area contributed by atoms with Crippen LogP contribution in [0.3, 0.4) is 0 Å². The van der Waals surface area contributed by atoms with E-state index in [1.807, 2.05) is 42.5 Å². The summed E-state index contributed by atoms with van der Waals surface area (Å²) >= 11 is 0. The minimum atomic E-state index is 0.650. The van der Waals surface area contributed by atoms with Crippen molar-refractivity contribution < 1.29 is 0 Å². The molecule has 1 aromatic carbocycles. The van der Waals surface area contributed by atoms with Crippen LogP contribution in [0.15, 0.2) is 53.7 Å². The Morgan fingerprint density at radius 2 is 2.13 bits per heavy atom. The number of benzene rings is 1. The second-order valence-corrected chi connectivity index (χ2v) is 3.11. The van der Waals surface area contributed by atoms with Gasteiger partial charge in [0.2, 0.25) is 0 Å². The highest BCUT2D eigenvalue weighted by molar-refractivity contribution is 5.76. The van der Waals surface area contributed by atoms with Gasteiger partial charge < -0.3 is 0 Å². The van der Waals surface area contributed by atoms with Crippen LogP contribution in [-0.4, -0.2) is 11.2 Å². The fraction of sp³-hybridized carbons (Fsp3) is 0.0769. The molecule has 2 heteroatoms. The van der Waals surface area contributed by atoms with E-state index in [2.05, 4.69) is 16.0 Å². The molecule has 0 spiro atoms. The van der Waals surface area contributed by atoms with Gasteiger partial charge in [0.1, 0.15) is 0 Å². The fourth-order valence-electron chi connectivity index (χ4n) is 1.22. The molecule has 1 aromatic heterocycles. The van der Waals surface area contributed by atoms with Gasteiger partial charge in [-0.15, -0.1) is 5.56 Å². The molecule has 74 valence electrons. The summed E-state index contributed by atoms with van der Waals surface area (Å²) < 4.78 is 0. The molecule has 0 atom stereocenters. The van der Waals surface area contributed by atoms with Crippen LogP contribution in [0.4, 0.5) is 0 Å². The summed E-state index contributed by atoms with van der Waals surface area (Å²) in [7, 11) is 0. The topological polar surface area (TPSA) is 25.2 Å². The lowest BCUT2D eigenvalue weighted by Gasteiger charge is -2.01. The van der Waals surface area contributed by atoms with Crippen molar-refractivity contribution in [3.05, 3.63) is 66.0 Å². The number of hydrogen-bond acceptors (Lipinski definition) is 2. The summed E-state index contributed by atoms with van der Waals surface area (Å²) in [6.07, 6.45) is 3.54. The summed E-state index contributed by atoms with van der Waals surface area (Å²) in [4.78, 5) is 8.44. The zero-order valence-electron chi connectivity index (χ0n) is 8.30. The van der Waals surface area contributed by atoms with E-state index < -0.39 is 0 Å². The van der Waals surface area contributed by atoms with Crippen LogP contribution in [-0.2, 0) is 6.54 Å². The normalized spacial score (nSPS) is 10.7. The standard InChI is InChI=1S/C13H11N2/c1-2-6-12(7-3-1)10-14-11-13-8-4-5-9-15-13/h1-6,8-9,11H,10H2/q-1. The third-order valence-electron chi connectivity index (χ3n) is 1.95. The molecule has 0 radical (unpaired) electrons. The van der Waals surface area contributed by atoms with Gasteiger partial charge in [-0.1, -0.05) is 6.07 Å². The van der Waals surface area contributed by atoms with Gasteiger partial charge in [-0.05, 0) is 12.1 Å². The molecule has 0 saturated heterocycles. The number of rotatable bonds is 3. The third-order valence-corrected chi connectivity index (χ3v) is 1.95. The Hall–Kier alpha value is -1.96. The molecule has 0 aliphatic rings. The number of pyridine rings is 1. The first-order valence-corrected chi connectivity index (χ1v) is 4.81. The molecule has 2 rings (SSSR count). The van der Waals surface area contributed by atoms with E-state index in [1.54, 1.807) is 12.4 Å². The van der Waals surface area contributed by atoms with Crippen molar-refractivity contribution in [3.8, 4) is 0 Å². The first kappa shape index (κ1) is 9.59. The van der Waals surface area contributed by atoms with Gasteiger partial charge >= 0.3 is 0 Å².